The summed E-state index contributed by atoms with van der Waals surface area (Å²) in [4.78, 5) is 15.5. The third kappa shape index (κ3) is 3.85. The molecule has 0 radical (unpaired) electrons. The first-order chi connectivity index (χ1) is 14.7. The lowest BCUT2D eigenvalue weighted by molar-refractivity contribution is -0.223. The van der Waals surface area contributed by atoms with Crippen LogP contribution in [0.25, 0.3) is 10.8 Å². The van der Waals surface area contributed by atoms with E-state index in [1.54, 1.807) is 12.1 Å². The average molecular weight is 433 g/mol. The Labute approximate surface area is 175 Å². The summed E-state index contributed by atoms with van der Waals surface area (Å²) in [6.45, 7) is -0.266. The normalized spacial score (nSPS) is 28.1. The summed E-state index contributed by atoms with van der Waals surface area (Å²) in [5.74, 6) is -2.48. The molecule has 1 aliphatic rings. The van der Waals surface area contributed by atoms with Gasteiger partial charge in [-0.2, -0.15) is 4.98 Å². The molecule has 1 aromatic heterocycles. The van der Waals surface area contributed by atoms with Crippen molar-refractivity contribution < 1.29 is 28.1 Å². The molecule has 164 valence electrons. The van der Waals surface area contributed by atoms with Crippen LogP contribution in [0.2, 0.25) is 0 Å². The number of ether oxygens (including phenoxy) is 3. The average Bonchev–Trinajstić information content (AvgIpc) is 2.92. The first kappa shape index (κ1) is 21.2. The Morgan fingerprint density at radius 1 is 1.23 bits per heavy atom. The van der Waals surface area contributed by atoms with Crippen molar-refractivity contribution in [3.05, 3.63) is 65.2 Å². The van der Waals surface area contributed by atoms with Gasteiger partial charge in [0.25, 0.3) is 5.85 Å². The van der Waals surface area contributed by atoms with Crippen LogP contribution in [0.3, 0.4) is 0 Å². The molecule has 0 unspecified atom stereocenters. The Morgan fingerprint density at radius 3 is 2.74 bits per heavy atom. The number of fused-ring (bicyclic) bond motifs is 1. The van der Waals surface area contributed by atoms with Gasteiger partial charge in [-0.05, 0) is 24.4 Å². The summed E-state index contributed by atoms with van der Waals surface area (Å²) in [6, 6.07) is 14.2. The van der Waals surface area contributed by atoms with Gasteiger partial charge < -0.3 is 25.1 Å². The number of aliphatic hydroxyl groups is 1. The SMILES string of the molecule is C[C@]1(F)[C@H](n2ccc(N)nc2=O)O[C@](F)(COCOc2cccc3ccccc23)[C@H]1O. The molecule has 31 heavy (non-hydrogen) atoms. The van der Waals surface area contributed by atoms with Gasteiger partial charge >= 0.3 is 5.69 Å². The van der Waals surface area contributed by atoms with E-state index in [2.05, 4.69) is 4.98 Å². The number of rotatable bonds is 6. The number of alkyl halides is 2. The molecule has 1 aliphatic heterocycles. The van der Waals surface area contributed by atoms with Crippen LogP contribution >= 0.6 is 0 Å². The van der Waals surface area contributed by atoms with Gasteiger partial charge in [0.2, 0.25) is 0 Å². The van der Waals surface area contributed by atoms with Crippen LogP contribution in [0.15, 0.2) is 59.5 Å². The monoisotopic (exact) mass is 433 g/mol. The smallest absolute Gasteiger partial charge is 0.351 e. The molecule has 4 atom stereocenters. The number of benzene rings is 2. The molecule has 0 bridgehead atoms. The highest BCUT2D eigenvalue weighted by Gasteiger charge is 2.64. The first-order valence-corrected chi connectivity index (χ1v) is 9.49. The summed E-state index contributed by atoms with van der Waals surface area (Å²) in [6.07, 6.45) is -2.88. The van der Waals surface area contributed by atoms with Crippen LogP contribution in [-0.2, 0) is 9.47 Å². The molecule has 0 spiro atoms. The summed E-state index contributed by atoms with van der Waals surface area (Å²) in [5, 5.41) is 12.0. The minimum Gasteiger partial charge on any atom is -0.467 e. The van der Waals surface area contributed by atoms with Gasteiger partial charge in [0, 0.05) is 11.6 Å². The lowest BCUT2D eigenvalue weighted by Gasteiger charge is -2.25. The minimum atomic E-state index is -2.92. The molecule has 2 heterocycles. The lowest BCUT2D eigenvalue weighted by Crippen LogP contribution is -2.47. The van der Waals surface area contributed by atoms with E-state index >= 15 is 8.78 Å². The van der Waals surface area contributed by atoms with E-state index in [0.29, 0.717) is 5.75 Å². The van der Waals surface area contributed by atoms with E-state index in [-0.39, 0.29) is 12.6 Å². The van der Waals surface area contributed by atoms with Crippen molar-refractivity contribution >= 4 is 16.6 Å². The van der Waals surface area contributed by atoms with E-state index in [9.17, 15) is 9.90 Å². The van der Waals surface area contributed by atoms with Crippen LogP contribution < -0.4 is 16.2 Å². The summed E-state index contributed by atoms with van der Waals surface area (Å²) in [5.41, 5.74) is 1.84. The second kappa shape index (κ2) is 7.88. The van der Waals surface area contributed by atoms with Gasteiger partial charge in [0.05, 0.1) is 0 Å². The van der Waals surface area contributed by atoms with Crippen molar-refractivity contribution in [3.8, 4) is 5.75 Å². The number of aliphatic hydroxyl groups excluding tert-OH is 1. The second-order valence-electron chi connectivity index (χ2n) is 7.44. The maximum absolute atomic E-state index is 15.3. The van der Waals surface area contributed by atoms with Gasteiger partial charge in [0.15, 0.2) is 24.8 Å². The number of nitrogen functional groups attached to an aromatic ring is 1. The molecule has 4 rings (SSSR count). The fourth-order valence-electron chi connectivity index (χ4n) is 3.58. The van der Waals surface area contributed by atoms with Crippen molar-refractivity contribution in [1.82, 2.24) is 9.55 Å². The molecule has 2 aromatic carbocycles. The minimum absolute atomic E-state index is 0.0826. The Balaban J connectivity index is 1.45. The van der Waals surface area contributed by atoms with Crippen molar-refractivity contribution in [3.63, 3.8) is 0 Å². The maximum Gasteiger partial charge on any atom is 0.351 e. The van der Waals surface area contributed by atoms with E-state index in [0.717, 1.165) is 28.5 Å². The van der Waals surface area contributed by atoms with Crippen LogP contribution in [0.1, 0.15) is 13.2 Å². The Morgan fingerprint density at radius 2 is 1.97 bits per heavy atom. The molecule has 0 amide bonds. The highest BCUT2D eigenvalue weighted by molar-refractivity contribution is 5.88. The summed E-state index contributed by atoms with van der Waals surface area (Å²) >= 11 is 0. The predicted octanol–water partition coefficient (Wildman–Crippen LogP) is 2.32. The lowest BCUT2D eigenvalue weighted by atomic mass is 9.97. The molecule has 1 fully saturated rings. The molecule has 3 N–H and O–H groups in total. The van der Waals surface area contributed by atoms with E-state index in [1.165, 1.54) is 6.07 Å². The zero-order chi connectivity index (χ0) is 22.2. The highest BCUT2D eigenvalue weighted by Crippen LogP contribution is 2.47. The Kier molecular flexibility index (Phi) is 5.38. The van der Waals surface area contributed by atoms with E-state index in [4.69, 9.17) is 19.9 Å². The van der Waals surface area contributed by atoms with Gasteiger partial charge in [-0.15, -0.1) is 0 Å². The predicted molar refractivity (Wildman–Crippen MR) is 108 cm³/mol. The van der Waals surface area contributed by atoms with Crippen LogP contribution in [-0.4, -0.2) is 45.7 Å². The van der Waals surface area contributed by atoms with E-state index < -0.39 is 36.2 Å². The van der Waals surface area contributed by atoms with Crippen molar-refractivity contribution in [1.29, 1.82) is 0 Å². The van der Waals surface area contributed by atoms with Gasteiger partial charge in [-0.3, -0.25) is 4.57 Å². The van der Waals surface area contributed by atoms with Gasteiger partial charge in [-0.25, -0.2) is 13.6 Å². The summed E-state index contributed by atoms with van der Waals surface area (Å²) < 4.78 is 47.0. The second-order valence-corrected chi connectivity index (χ2v) is 7.44. The highest BCUT2D eigenvalue weighted by atomic mass is 19.2. The molecular formula is C21H21F2N3O5. The number of hydrogen-bond donors (Lipinski definition) is 2. The number of nitrogens with zero attached hydrogens (tertiary/aromatic N) is 2. The fraction of sp³-hybridized carbons (Fsp3) is 0.333. The molecule has 0 aliphatic carbocycles. The molecule has 8 nitrogen and oxygen atoms in total. The number of hydrogen-bond acceptors (Lipinski definition) is 7. The van der Waals surface area contributed by atoms with E-state index in [1.807, 2.05) is 30.3 Å². The maximum atomic E-state index is 15.3. The quantitative estimate of drug-likeness (QED) is 0.454. The van der Waals surface area contributed by atoms with Gasteiger partial charge in [-0.1, -0.05) is 36.4 Å². The first-order valence-electron chi connectivity index (χ1n) is 9.49. The largest absolute Gasteiger partial charge is 0.467 e. The fourth-order valence-corrected chi connectivity index (χ4v) is 3.58. The molecule has 0 saturated carbocycles. The third-order valence-electron chi connectivity index (χ3n) is 5.18. The summed E-state index contributed by atoms with van der Waals surface area (Å²) in [7, 11) is 0. The topological polar surface area (TPSA) is 109 Å². The standard InChI is InChI=1S/C21H21F2N3O5/c1-20(22)17(27)21(23,31-18(20)26-10-9-16(24)25-19(26)28)11-29-12-30-15-8-4-6-13-5-2-3-7-14(13)15/h2-10,17-18,27H,11-12H2,1H3,(H2,24,25,28)/t17-,18+,20+,21+/m0/s1. The van der Waals surface area contributed by atoms with Crippen LogP contribution in [0.5, 0.6) is 5.75 Å². The van der Waals surface area contributed by atoms with Crippen molar-refractivity contribution in [2.75, 3.05) is 19.1 Å². The number of aromatic nitrogens is 2. The number of halogens is 2. The van der Waals surface area contributed by atoms with Gasteiger partial charge in [0.1, 0.15) is 18.2 Å². The molecular weight excluding hydrogens is 412 g/mol. The van der Waals surface area contributed by atoms with Crippen molar-refractivity contribution in [2.45, 2.75) is 30.8 Å². The number of anilines is 1. The Hall–Kier alpha value is -3.08. The Bertz CT molecular complexity index is 1150. The van der Waals surface area contributed by atoms with Crippen molar-refractivity contribution in [2.24, 2.45) is 0 Å². The molecule has 1 saturated heterocycles. The zero-order valence-corrected chi connectivity index (χ0v) is 16.6. The molecule has 3 aromatic rings. The van der Waals surface area contributed by atoms with Crippen LogP contribution in [0.4, 0.5) is 14.6 Å². The zero-order valence-electron chi connectivity index (χ0n) is 16.6. The third-order valence-corrected chi connectivity index (χ3v) is 5.18. The molecule has 10 heteroatoms. The number of nitrogens with two attached hydrogens (primary N) is 1. The van der Waals surface area contributed by atoms with Crippen LogP contribution in [0, 0.1) is 0 Å².